The Bertz CT molecular complexity index is 2710. The third-order valence-electron chi connectivity index (χ3n) is 14.0. The van der Waals surface area contributed by atoms with Gasteiger partial charge in [0.05, 0.1) is 36.5 Å². The fraction of sp³-hybridized carbons (Fsp3) is 0.429. The standard InChI is InChI=1S/C56H60O10/c1-52(2,3)36-22-28(20-32-40(48(57)63-44(32)36)42-34-24-30(61-13)26-38(54(7,8)9)46(34)65-50(42)59)56(18-16-15-17-19-56)29-21-33-41(49(58)64-45(33)37(23-29)53(4,5)6)43-35-25-31(62-14)27-39(55(10,11)12)47(35)66-51(43)60/h20-27H,15-19H2,1-14H3. The molecule has 1 aliphatic carbocycles. The first-order chi connectivity index (χ1) is 30.8. The quantitative estimate of drug-likeness (QED) is 0.111. The van der Waals surface area contributed by atoms with Gasteiger partial charge in [-0.3, -0.25) is 0 Å². The molecule has 344 valence electrons. The van der Waals surface area contributed by atoms with E-state index >= 15 is 0 Å². The molecule has 1 saturated carbocycles. The zero-order valence-corrected chi connectivity index (χ0v) is 40.7. The van der Waals surface area contributed by atoms with Crippen molar-refractivity contribution in [2.45, 2.75) is 142 Å². The van der Waals surface area contributed by atoms with Crippen molar-refractivity contribution >= 4 is 46.2 Å². The lowest BCUT2D eigenvalue weighted by Crippen LogP contribution is -2.32. The van der Waals surface area contributed by atoms with Crippen LogP contribution in [0.5, 0.6) is 34.5 Å². The fourth-order valence-corrected chi connectivity index (χ4v) is 10.5. The van der Waals surface area contributed by atoms with Gasteiger partial charge in [-0.1, -0.05) is 114 Å². The van der Waals surface area contributed by atoms with Crippen molar-refractivity contribution in [3.63, 3.8) is 0 Å². The van der Waals surface area contributed by atoms with Gasteiger partial charge in [0.15, 0.2) is 0 Å². The van der Waals surface area contributed by atoms with E-state index in [1.807, 2.05) is 65.8 Å². The van der Waals surface area contributed by atoms with Crippen molar-refractivity contribution in [2.24, 2.45) is 0 Å². The molecule has 4 aromatic rings. The Hall–Kier alpha value is -6.16. The van der Waals surface area contributed by atoms with E-state index in [2.05, 4.69) is 53.7 Å². The van der Waals surface area contributed by atoms with Gasteiger partial charge >= 0.3 is 23.9 Å². The first-order valence-corrected chi connectivity index (χ1v) is 23.0. The summed E-state index contributed by atoms with van der Waals surface area (Å²) in [6.45, 7) is 24.8. The lowest BCUT2D eigenvalue weighted by molar-refractivity contribution is -0.129. The summed E-state index contributed by atoms with van der Waals surface area (Å²) in [4.78, 5) is 57.2. The molecule has 0 radical (unpaired) electrons. The highest BCUT2D eigenvalue weighted by Gasteiger charge is 2.48. The molecule has 5 aliphatic rings. The maximum Gasteiger partial charge on any atom is 0.345 e. The van der Waals surface area contributed by atoms with Gasteiger partial charge < -0.3 is 28.4 Å². The lowest BCUT2D eigenvalue weighted by atomic mass is 9.63. The molecule has 4 aliphatic heterocycles. The molecule has 4 heterocycles. The average molecular weight is 893 g/mol. The van der Waals surface area contributed by atoms with Crippen LogP contribution >= 0.6 is 0 Å². The zero-order valence-electron chi connectivity index (χ0n) is 40.7. The maximum atomic E-state index is 14.4. The van der Waals surface area contributed by atoms with Crippen LogP contribution in [0.2, 0.25) is 0 Å². The highest BCUT2D eigenvalue weighted by Crippen LogP contribution is 2.57. The molecule has 0 unspecified atom stereocenters. The molecule has 0 spiro atoms. The molecule has 1 fully saturated rings. The van der Waals surface area contributed by atoms with E-state index in [4.69, 9.17) is 28.4 Å². The molecular formula is C56H60O10. The number of fused-ring (bicyclic) bond motifs is 4. The van der Waals surface area contributed by atoms with Crippen molar-refractivity contribution < 1.29 is 47.6 Å². The van der Waals surface area contributed by atoms with Crippen LogP contribution in [0.15, 0.2) is 48.5 Å². The van der Waals surface area contributed by atoms with Gasteiger partial charge in [-0.25, -0.2) is 19.2 Å². The Morgan fingerprint density at radius 3 is 0.939 bits per heavy atom. The summed E-state index contributed by atoms with van der Waals surface area (Å²) in [6.07, 6.45) is 4.38. The average Bonchev–Trinajstić information content (AvgIpc) is 3.94. The summed E-state index contributed by atoms with van der Waals surface area (Å²) < 4.78 is 36.0. The fourth-order valence-electron chi connectivity index (χ4n) is 10.5. The normalized spacial score (nSPS) is 20.0. The van der Waals surface area contributed by atoms with Gasteiger partial charge in [-0.2, -0.15) is 0 Å². The smallest absolute Gasteiger partial charge is 0.345 e. The van der Waals surface area contributed by atoms with E-state index in [9.17, 15) is 19.2 Å². The molecule has 0 saturated heterocycles. The van der Waals surface area contributed by atoms with E-state index in [0.717, 1.165) is 65.5 Å². The predicted octanol–water partition coefficient (Wildman–Crippen LogP) is 11.6. The van der Waals surface area contributed by atoms with Gasteiger partial charge in [-0.15, -0.1) is 0 Å². The first-order valence-electron chi connectivity index (χ1n) is 23.0. The Balaban J connectivity index is 1.33. The van der Waals surface area contributed by atoms with Crippen LogP contribution in [0.1, 0.15) is 171 Å². The lowest BCUT2D eigenvalue weighted by Gasteiger charge is -2.40. The van der Waals surface area contributed by atoms with Crippen molar-refractivity contribution in [1.82, 2.24) is 0 Å². The van der Waals surface area contributed by atoms with Gasteiger partial charge in [0.1, 0.15) is 34.5 Å². The van der Waals surface area contributed by atoms with Crippen LogP contribution in [-0.2, 0) is 46.3 Å². The van der Waals surface area contributed by atoms with Crippen molar-refractivity contribution in [2.75, 3.05) is 14.2 Å². The predicted molar refractivity (Wildman–Crippen MR) is 254 cm³/mol. The summed E-state index contributed by atoms with van der Waals surface area (Å²) in [7, 11) is 3.15. The Morgan fingerprint density at radius 1 is 0.394 bits per heavy atom. The number of hydrogen-bond donors (Lipinski definition) is 0. The topological polar surface area (TPSA) is 124 Å². The van der Waals surface area contributed by atoms with Gasteiger partial charge in [0.25, 0.3) is 0 Å². The molecule has 66 heavy (non-hydrogen) atoms. The number of carbonyl (C=O) groups is 4. The van der Waals surface area contributed by atoms with Crippen molar-refractivity contribution in [1.29, 1.82) is 0 Å². The second-order valence-electron chi connectivity index (χ2n) is 22.6. The first kappa shape index (κ1) is 45.0. The van der Waals surface area contributed by atoms with E-state index in [-0.39, 0.29) is 22.3 Å². The van der Waals surface area contributed by atoms with Crippen molar-refractivity contribution in [3.05, 3.63) is 104 Å². The number of ether oxygens (including phenoxy) is 6. The Labute approximate surface area is 387 Å². The molecule has 10 nitrogen and oxygen atoms in total. The van der Waals surface area contributed by atoms with Crippen LogP contribution in [0.4, 0.5) is 0 Å². The second kappa shape index (κ2) is 14.9. The Morgan fingerprint density at radius 2 is 0.667 bits per heavy atom. The molecule has 0 bridgehead atoms. The molecule has 4 aromatic carbocycles. The van der Waals surface area contributed by atoms with E-state index < -0.39 is 51.0 Å². The molecule has 0 aromatic heterocycles. The van der Waals surface area contributed by atoms with Crippen LogP contribution in [0, 0.1) is 0 Å². The Kier molecular flexibility index (Phi) is 10.2. The minimum Gasteiger partial charge on any atom is -0.497 e. The highest BCUT2D eigenvalue weighted by molar-refractivity contribution is 6.42. The van der Waals surface area contributed by atoms with E-state index in [1.54, 1.807) is 26.4 Å². The summed E-state index contributed by atoms with van der Waals surface area (Å²) in [5, 5.41) is 0. The molecule has 0 N–H and O–H groups in total. The van der Waals surface area contributed by atoms with E-state index in [1.165, 1.54) is 0 Å². The largest absolute Gasteiger partial charge is 0.497 e. The minimum absolute atomic E-state index is 0.141. The summed E-state index contributed by atoms with van der Waals surface area (Å²) in [6, 6.07) is 15.7. The van der Waals surface area contributed by atoms with Crippen LogP contribution in [0.3, 0.4) is 0 Å². The summed E-state index contributed by atoms with van der Waals surface area (Å²) in [5.41, 5.74) is 5.27. The SMILES string of the molecule is COc1cc2c(c(C(C)(C)C)c1)OC(=O)C2=C1C(=O)Oc2c1cc(C1(c3cc4c(c(C(C)(C)C)c3)OC(=O)C4=C3C(=O)Oc4c3cc(OC)cc4C(C)(C)C)CCCCC1)cc2C(C)(C)C. The van der Waals surface area contributed by atoms with Gasteiger partial charge in [0.2, 0.25) is 0 Å². The minimum atomic E-state index is -0.640. The van der Waals surface area contributed by atoms with Crippen LogP contribution < -0.4 is 28.4 Å². The van der Waals surface area contributed by atoms with Crippen molar-refractivity contribution in [3.8, 4) is 34.5 Å². The summed E-state index contributed by atoms with van der Waals surface area (Å²) >= 11 is 0. The van der Waals surface area contributed by atoms with E-state index in [0.29, 0.717) is 56.8 Å². The van der Waals surface area contributed by atoms with Gasteiger partial charge in [-0.05, 0) is 82.0 Å². The zero-order chi connectivity index (χ0) is 47.8. The number of benzene rings is 4. The number of hydrogen-bond acceptors (Lipinski definition) is 10. The summed E-state index contributed by atoms with van der Waals surface area (Å²) in [5.74, 6) is 0.227. The van der Waals surface area contributed by atoms with Crippen LogP contribution in [0.25, 0.3) is 22.3 Å². The third kappa shape index (κ3) is 6.96. The molecule has 9 rings (SSSR count). The number of carbonyl (C=O) groups excluding carboxylic acids is 4. The monoisotopic (exact) mass is 892 g/mol. The highest BCUT2D eigenvalue weighted by atomic mass is 16.6. The maximum absolute atomic E-state index is 14.4. The molecule has 10 heteroatoms. The number of methoxy groups -OCH3 is 2. The third-order valence-corrected chi connectivity index (χ3v) is 14.0. The van der Waals surface area contributed by atoms with Crippen LogP contribution in [-0.4, -0.2) is 38.1 Å². The molecule has 0 atom stereocenters. The second-order valence-corrected chi connectivity index (χ2v) is 22.6. The van der Waals surface area contributed by atoms with Gasteiger partial charge in [0, 0.05) is 49.9 Å². The molecular weight excluding hydrogens is 833 g/mol. The number of rotatable bonds is 4. The number of esters is 4. The molecule has 0 amide bonds.